The number of hydrogen-bond donors (Lipinski definition) is 9. The van der Waals surface area contributed by atoms with Gasteiger partial charge in [0.15, 0.2) is 0 Å². The van der Waals surface area contributed by atoms with Crippen molar-refractivity contribution in [2.75, 3.05) is 0 Å². The lowest BCUT2D eigenvalue weighted by atomic mass is 9.70. The molecule has 2 fully saturated rings. The Balaban J connectivity index is 2.48. The van der Waals surface area contributed by atoms with E-state index < -0.39 is 60.9 Å². The van der Waals surface area contributed by atoms with Gasteiger partial charge >= 0.3 is 0 Å². The van der Waals surface area contributed by atoms with Crippen LogP contribution in [0.2, 0.25) is 0 Å². The summed E-state index contributed by atoms with van der Waals surface area (Å²) in [7, 11) is 0. The third-order valence-corrected chi connectivity index (χ3v) is 7.60. The number of rotatable bonds is 4. The topological polar surface area (TPSA) is 182 Å². The summed E-state index contributed by atoms with van der Waals surface area (Å²) in [4.78, 5) is 0. The molecule has 13 unspecified atom stereocenters. The van der Waals surface area contributed by atoms with Gasteiger partial charge in [-0.15, -0.1) is 0 Å². The maximum Gasteiger partial charge on any atom is 0.111 e. The number of fused-ring (bicyclic) bond motifs is 1. The zero-order valence-corrected chi connectivity index (χ0v) is 18.5. The van der Waals surface area contributed by atoms with E-state index in [1.807, 2.05) is 6.92 Å². The van der Waals surface area contributed by atoms with Crippen molar-refractivity contribution in [2.24, 2.45) is 23.7 Å². The summed E-state index contributed by atoms with van der Waals surface area (Å²) in [6.45, 7) is 4.00. The van der Waals surface area contributed by atoms with Crippen molar-refractivity contribution in [1.82, 2.24) is 0 Å². The Hall–Kier alpha value is -0.360. The minimum atomic E-state index is -2.12. The van der Waals surface area contributed by atoms with Gasteiger partial charge in [0.25, 0.3) is 0 Å². The lowest BCUT2D eigenvalue weighted by Crippen LogP contribution is -2.57. The Morgan fingerprint density at radius 1 is 0.548 bits per heavy atom. The van der Waals surface area contributed by atoms with E-state index in [2.05, 4.69) is 6.92 Å². The quantitative estimate of drug-likeness (QED) is 0.246. The van der Waals surface area contributed by atoms with Crippen molar-refractivity contribution in [3.8, 4) is 0 Å². The lowest BCUT2D eigenvalue weighted by Gasteiger charge is -2.39. The molecule has 9 N–H and O–H groups in total. The highest BCUT2D eigenvalue weighted by Crippen LogP contribution is 2.49. The highest BCUT2D eigenvalue weighted by atomic mass is 16.4. The van der Waals surface area contributed by atoms with Crippen LogP contribution in [-0.2, 0) is 0 Å². The molecule has 0 heterocycles. The third-order valence-electron chi connectivity index (χ3n) is 7.60. The van der Waals surface area contributed by atoms with Crippen molar-refractivity contribution in [1.29, 1.82) is 0 Å². The highest BCUT2D eigenvalue weighted by Gasteiger charge is 2.49. The van der Waals surface area contributed by atoms with Gasteiger partial charge in [0.1, 0.15) is 42.7 Å². The van der Waals surface area contributed by atoms with Crippen LogP contribution in [0.1, 0.15) is 58.8 Å². The molecule has 2 rings (SSSR count). The van der Waals surface area contributed by atoms with Gasteiger partial charge in [-0.05, 0) is 49.4 Å². The summed E-state index contributed by atoms with van der Waals surface area (Å²) in [5.74, 6) is -0.394. The maximum atomic E-state index is 11.0. The Morgan fingerprint density at radius 2 is 1.00 bits per heavy atom. The van der Waals surface area contributed by atoms with Crippen LogP contribution in [0.25, 0.3) is 0 Å². The van der Waals surface area contributed by atoms with Crippen LogP contribution in [0.3, 0.4) is 0 Å². The smallest absolute Gasteiger partial charge is 0.111 e. The molecule has 0 aromatic carbocycles. The molecule has 0 aromatic rings. The Bertz CT molecular complexity index is 535. The van der Waals surface area contributed by atoms with Crippen molar-refractivity contribution in [2.45, 2.75) is 114 Å². The van der Waals surface area contributed by atoms with Gasteiger partial charge in [-0.1, -0.05) is 33.1 Å². The van der Waals surface area contributed by atoms with Gasteiger partial charge < -0.3 is 46.0 Å². The molecule has 9 heteroatoms. The second-order valence-electron chi connectivity index (χ2n) is 9.64. The molecule has 0 saturated heterocycles. The van der Waals surface area contributed by atoms with E-state index in [-0.39, 0.29) is 24.2 Å². The molecule has 0 amide bonds. The van der Waals surface area contributed by atoms with E-state index in [9.17, 15) is 46.0 Å². The Kier molecular flexibility index (Phi) is 10.1. The van der Waals surface area contributed by atoms with Gasteiger partial charge in [-0.3, -0.25) is 0 Å². The molecule has 2 aliphatic rings. The van der Waals surface area contributed by atoms with E-state index in [0.29, 0.717) is 12.8 Å². The Labute approximate surface area is 184 Å². The zero-order chi connectivity index (χ0) is 23.5. The third kappa shape index (κ3) is 5.77. The second kappa shape index (κ2) is 11.7. The molecule has 13 atom stereocenters. The predicted molar refractivity (Wildman–Crippen MR) is 112 cm³/mol. The van der Waals surface area contributed by atoms with Crippen LogP contribution in [0.5, 0.6) is 0 Å². The summed E-state index contributed by atoms with van der Waals surface area (Å²) in [6.07, 6.45) is -11.8. The van der Waals surface area contributed by atoms with Crippen molar-refractivity contribution < 1.29 is 46.0 Å². The van der Waals surface area contributed by atoms with Crippen LogP contribution in [0.4, 0.5) is 0 Å². The van der Waals surface area contributed by atoms with Gasteiger partial charge in [0, 0.05) is 0 Å². The minimum Gasteiger partial charge on any atom is -0.390 e. The van der Waals surface area contributed by atoms with Crippen molar-refractivity contribution in [3.63, 3.8) is 0 Å². The van der Waals surface area contributed by atoms with Crippen LogP contribution in [-0.4, -0.2) is 101 Å². The summed E-state index contributed by atoms with van der Waals surface area (Å²) < 4.78 is 0. The van der Waals surface area contributed by atoms with E-state index >= 15 is 0 Å². The fourth-order valence-electron chi connectivity index (χ4n) is 5.95. The van der Waals surface area contributed by atoms with Gasteiger partial charge in [0.2, 0.25) is 0 Å². The number of hydrogen-bond acceptors (Lipinski definition) is 9. The summed E-state index contributed by atoms with van der Waals surface area (Å²) in [5, 5.41) is 94.0. The minimum absolute atomic E-state index is 0.0940. The predicted octanol–water partition coefficient (Wildman–Crippen LogP) is -1.50. The van der Waals surface area contributed by atoms with Crippen LogP contribution in [0, 0.1) is 23.7 Å². The summed E-state index contributed by atoms with van der Waals surface area (Å²) in [6, 6.07) is 0. The first-order chi connectivity index (χ1) is 14.6. The molecular formula is C22H42O9. The van der Waals surface area contributed by atoms with Crippen LogP contribution < -0.4 is 0 Å². The van der Waals surface area contributed by atoms with Crippen molar-refractivity contribution >= 4 is 0 Å². The van der Waals surface area contributed by atoms with Crippen LogP contribution in [0.15, 0.2) is 0 Å². The SMILES string of the molecule is CCCC1CCC2CC(O)C(O)C(O)C(O)C(O)C(O)C(O)C(O)C(O)C(CCC)C12. The van der Waals surface area contributed by atoms with E-state index in [0.717, 1.165) is 25.7 Å². The Morgan fingerprint density at radius 3 is 1.48 bits per heavy atom. The first-order valence-electron chi connectivity index (χ1n) is 11.7. The molecule has 2 aliphatic carbocycles. The van der Waals surface area contributed by atoms with Crippen LogP contribution >= 0.6 is 0 Å². The molecule has 0 radical (unpaired) electrons. The molecule has 0 spiro atoms. The lowest BCUT2D eigenvalue weighted by molar-refractivity contribution is -0.187. The summed E-state index contributed by atoms with van der Waals surface area (Å²) in [5.41, 5.74) is 0. The molecule has 31 heavy (non-hydrogen) atoms. The van der Waals surface area contributed by atoms with E-state index in [1.165, 1.54) is 0 Å². The average Bonchev–Trinajstić information content (AvgIpc) is 3.14. The molecule has 0 bridgehead atoms. The molecule has 9 nitrogen and oxygen atoms in total. The molecule has 0 aliphatic heterocycles. The van der Waals surface area contributed by atoms with Gasteiger partial charge in [0.05, 0.1) is 12.2 Å². The average molecular weight is 451 g/mol. The second-order valence-corrected chi connectivity index (χ2v) is 9.64. The fraction of sp³-hybridized carbons (Fsp3) is 1.00. The van der Waals surface area contributed by atoms with E-state index in [1.54, 1.807) is 0 Å². The first-order valence-corrected chi connectivity index (χ1v) is 11.7. The molecule has 184 valence electrons. The number of aliphatic hydroxyl groups is 9. The monoisotopic (exact) mass is 450 g/mol. The maximum absolute atomic E-state index is 11.0. The first kappa shape index (κ1) is 26.9. The molecule has 0 aromatic heterocycles. The van der Waals surface area contributed by atoms with Gasteiger partial charge in [-0.25, -0.2) is 0 Å². The standard InChI is InChI=1S/C22H42O9/c1-3-5-10-7-8-11-9-13(23)16(25)18(27)20(29)22(31)21(30)19(28)17(26)15(24)12(6-4-2)14(10)11/h10-31H,3-9H2,1-2H3. The largest absolute Gasteiger partial charge is 0.390 e. The normalized spacial score (nSPS) is 50.2. The summed E-state index contributed by atoms with van der Waals surface area (Å²) >= 11 is 0. The van der Waals surface area contributed by atoms with Crippen molar-refractivity contribution in [3.05, 3.63) is 0 Å². The highest BCUT2D eigenvalue weighted by molar-refractivity contribution is 4.99. The molecular weight excluding hydrogens is 408 g/mol. The van der Waals surface area contributed by atoms with Gasteiger partial charge in [-0.2, -0.15) is 0 Å². The number of aliphatic hydroxyl groups excluding tert-OH is 9. The molecule has 2 saturated carbocycles. The zero-order valence-electron chi connectivity index (χ0n) is 18.5. The fourth-order valence-corrected chi connectivity index (χ4v) is 5.95. The van der Waals surface area contributed by atoms with E-state index in [4.69, 9.17) is 0 Å².